The zero-order valence-corrected chi connectivity index (χ0v) is 19.9. The molecule has 32 heavy (non-hydrogen) atoms. The molecule has 1 aliphatic carbocycles. The smallest absolute Gasteiger partial charge is 0.306 e. The number of carboxylic acid groups (broad SMARTS) is 1. The van der Waals surface area contributed by atoms with Gasteiger partial charge in [0, 0.05) is 18.7 Å². The van der Waals surface area contributed by atoms with Gasteiger partial charge in [0.25, 0.3) is 5.91 Å². The van der Waals surface area contributed by atoms with Crippen LogP contribution in [0.1, 0.15) is 54.9 Å². The number of carbonyl (C=O) groups excluding carboxylic acids is 2. The number of nitrogens with one attached hydrogen (secondary N) is 2. The van der Waals surface area contributed by atoms with Crippen LogP contribution in [0.25, 0.3) is 0 Å². The molecule has 174 valence electrons. The fourth-order valence-corrected chi connectivity index (χ4v) is 5.38. The van der Waals surface area contributed by atoms with Crippen LogP contribution < -0.4 is 15.4 Å². The summed E-state index contributed by atoms with van der Waals surface area (Å²) in [5, 5.41) is 14.6. The molecule has 1 aliphatic heterocycles. The summed E-state index contributed by atoms with van der Waals surface area (Å²) in [6.07, 6.45) is 3.32. The third-order valence-corrected chi connectivity index (χ3v) is 7.65. The number of carbonyl (C=O) groups is 3. The van der Waals surface area contributed by atoms with E-state index in [1.54, 1.807) is 12.1 Å². The molecule has 3 rings (SSSR count). The molecule has 0 bridgehead atoms. The minimum atomic E-state index is -0.733. The Morgan fingerprint density at radius 1 is 1.12 bits per heavy atom. The molecule has 2 aliphatic rings. The molecule has 1 unspecified atom stereocenters. The van der Waals surface area contributed by atoms with Gasteiger partial charge >= 0.3 is 5.97 Å². The summed E-state index contributed by atoms with van der Waals surface area (Å²) in [5.41, 5.74) is 2.37. The minimum Gasteiger partial charge on any atom is -0.490 e. The van der Waals surface area contributed by atoms with Gasteiger partial charge in [0.15, 0.2) is 0 Å². The van der Waals surface area contributed by atoms with Crippen LogP contribution in [-0.4, -0.2) is 47.3 Å². The molecule has 0 aromatic heterocycles. The van der Waals surface area contributed by atoms with Crippen molar-refractivity contribution in [1.29, 1.82) is 0 Å². The second-order valence-corrected chi connectivity index (χ2v) is 10.1. The molecule has 9 heteroatoms. The molecule has 7 nitrogen and oxygen atoms in total. The van der Waals surface area contributed by atoms with Crippen LogP contribution in [0.2, 0.25) is 0 Å². The number of benzene rings is 1. The van der Waals surface area contributed by atoms with E-state index in [-0.39, 0.29) is 29.1 Å². The summed E-state index contributed by atoms with van der Waals surface area (Å²) in [7, 11) is 0. The van der Waals surface area contributed by atoms with Gasteiger partial charge in [0.2, 0.25) is 5.91 Å². The van der Waals surface area contributed by atoms with E-state index in [4.69, 9.17) is 21.4 Å². The first-order chi connectivity index (χ1) is 15.2. The lowest BCUT2D eigenvalue weighted by molar-refractivity contribution is -0.143. The molecule has 1 fully saturated rings. The summed E-state index contributed by atoms with van der Waals surface area (Å²) in [5.74, 6) is -0.608. The standard InChI is InChI=1S/C23H29ClN2O5S/c1-13-11-17(31-16-5-3-15(4-6-16)23(29)30)7-8-18(13)21(27)25-9-10-26-22(28)19-12-14(2)20(24)32-19/h7-8,11,15-16,19H,3-6,9-10,12H2,1-2H3,(H,25,27)(H,26,28)(H,29,30). The number of hydrogen-bond acceptors (Lipinski definition) is 5. The van der Waals surface area contributed by atoms with Crippen molar-refractivity contribution in [3.63, 3.8) is 0 Å². The molecular weight excluding hydrogens is 452 g/mol. The first kappa shape index (κ1) is 24.5. The maximum absolute atomic E-state index is 12.5. The van der Waals surface area contributed by atoms with Gasteiger partial charge in [-0.05, 0) is 75.3 Å². The number of halogens is 1. The fraction of sp³-hybridized carbons (Fsp3) is 0.522. The molecule has 0 radical (unpaired) electrons. The van der Waals surface area contributed by atoms with E-state index in [0.29, 0.717) is 60.9 Å². The molecule has 1 aromatic rings. The van der Waals surface area contributed by atoms with E-state index < -0.39 is 5.97 Å². The maximum atomic E-state index is 12.5. The Bertz CT molecular complexity index is 898. The fourth-order valence-electron chi connectivity index (χ4n) is 3.93. The Labute approximate surface area is 197 Å². The summed E-state index contributed by atoms with van der Waals surface area (Å²) in [4.78, 5) is 35.8. The van der Waals surface area contributed by atoms with Crippen molar-refractivity contribution in [3.05, 3.63) is 39.3 Å². The predicted octanol–water partition coefficient (Wildman–Crippen LogP) is 3.84. The summed E-state index contributed by atoms with van der Waals surface area (Å²) >= 11 is 7.41. The van der Waals surface area contributed by atoms with Crippen LogP contribution in [0, 0.1) is 12.8 Å². The van der Waals surface area contributed by atoms with Gasteiger partial charge in [-0.3, -0.25) is 14.4 Å². The number of hydrogen-bond donors (Lipinski definition) is 3. The molecule has 1 saturated carbocycles. The van der Waals surface area contributed by atoms with Gasteiger partial charge in [-0.2, -0.15) is 0 Å². The quantitative estimate of drug-likeness (QED) is 0.488. The SMILES string of the molecule is CC1=C(Cl)SC(C(=O)NCCNC(=O)c2ccc(OC3CCC(C(=O)O)CC3)cc2C)C1. The van der Waals surface area contributed by atoms with Gasteiger partial charge in [-0.25, -0.2) is 0 Å². The van der Waals surface area contributed by atoms with Crippen LogP contribution in [0.15, 0.2) is 28.1 Å². The highest BCUT2D eigenvalue weighted by molar-refractivity contribution is 8.06. The van der Waals surface area contributed by atoms with Gasteiger partial charge in [-0.1, -0.05) is 11.6 Å². The average Bonchev–Trinajstić information content (AvgIpc) is 3.10. The Hall–Kier alpha value is -2.19. The third kappa shape index (κ3) is 6.42. The lowest BCUT2D eigenvalue weighted by Crippen LogP contribution is -2.38. The predicted molar refractivity (Wildman–Crippen MR) is 125 cm³/mol. The number of amides is 2. The van der Waals surface area contributed by atoms with Gasteiger partial charge < -0.3 is 20.5 Å². The highest BCUT2D eigenvalue weighted by Gasteiger charge is 2.28. The molecule has 1 atom stereocenters. The van der Waals surface area contributed by atoms with E-state index >= 15 is 0 Å². The van der Waals surface area contributed by atoms with Crippen molar-refractivity contribution in [2.45, 2.75) is 57.3 Å². The van der Waals surface area contributed by atoms with Gasteiger partial charge in [-0.15, -0.1) is 11.8 Å². The van der Waals surface area contributed by atoms with Crippen molar-refractivity contribution in [2.75, 3.05) is 13.1 Å². The highest BCUT2D eigenvalue weighted by Crippen LogP contribution is 2.39. The molecule has 0 saturated heterocycles. The van der Waals surface area contributed by atoms with E-state index in [1.165, 1.54) is 11.8 Å². The van der Waals surface area contributed by atoms with E-state index in [2.05, 4.69) is 10.6 Å². The summed E-state index contributed by atoms with van der Waals surface area (Å²) in [6, 6.07) is 5.33. The van der Waals surface area contributed by atoms with Crippen LogP contribution in [0.4, 0.5) is 0 Å². The van der Waals surface area contributed by atoms with Crippen molar-refractivity contribution in [2.24, 2.45) is 5.92 Å². The van der Waals surface area contributed by atoms with Crippen molar-refractivity contribution in [3.8, 4) is 5.75 Å². The van der Waals surface area contributed by atoms with E-state index in [9.17, 15) is 14.4 Å². The molecular formula is C23H29ClN2O5S. The van der Waals surface area contributed by atoms with E-state index in [1.807, 2.05) is 19.9 Å². The average molecular weight is 481 g/mol. The second kappa shape index (κ2) is 11.1. The first-order valence-electron chi connectivity index (χ1n) is 10.8. The monoisotopic (exact) mass is 480 g/mol. The largest absolute Gasteiger partial charge is 0.490 e. The van der Waals surface area contributed by atoms with Crippen molar-refractivity contribution in [1.82, 2.24) is 10.6 Å². The highest BCUT2D eigenvalue weighted by atomic mass is 35.5. The molecule has 0 spiro atoms. The van der Waals surface area contributed by atoms with Gasteiger partial charge in [0.1, 0.15) is 5.75 Å². The third-order valence-electron chi connectivity index (χ3n) is 5.84. The van der Waals surface area contributed by atoms with E-state index in [0.717, 1.165) is 11.1 Å². The Balaban J connectivity index is 1.41. The number of allylic oxidation sites excluding steroid dienone is 1. The summed E-state index contributed by atoms with van der Waals surface area (Å²) in [6.45, 7) is 4.44. The number of aryl methyl sites for hydroxylation is 1. The topological polar surface area (TPSA) is 105 Å². The van der Waals surface area contributed by atoms with Crippen LogP contribution in [0.3, 0.4) is 0 Å². The second-order valence-electron chi connectivity index (χ2n) is 8.32. The first-order valence-corrected chi connectivity index (χ1v) is 12.1. The minimum absolute atomic E-state index is 0.000173. The lowest BCUT2D eigenvalue weighted by atomic mass is 9.87. The number of aliphatic carboxylic acids is 1. The number of rotatable bonds is 8. The zero-order valence-electron chi connectivity index (χ0n) is 18.3. The maximum Gasteiger partial charge on any atom is 0.306 e. The number of carboxylic acids is 1. The van der Waals surface area contributed by atoms with Crippen LogP contribution in [0.5, 0.6) is 5.75 Å². The molecule has 1 heterocycles. The lowest BCUT2D eigenvalue weighted by Gasteiger charge is -2.27. The van der Waals surface area contributed by atoms with Crippen molar-refractivity contribution < 1.29 is 24.2 Å². The normalized spacial score (nSPS) is 23.0. The Morgan fingerprint density at radius 2 is 1.81 bits per heavy atom. The number of ether oxygens (including phenoxy) is 1. The van der Waals surface area contributed by atoms with Gasteiger partial charge in [0.05, 0.1) is 21.6 Å². The molecule has 2 amide bonds. The van der Waals surface area contributed by atoms with Crippen LogP contribution >= 0.6 is 23.4 Å². The van der Waals surface area contributed by atoms with Crippen molar-refractivity contribution >= 4 is 41.1 Å². The Kier molecular flexibility index (Phi) is 8.48. The van der Waals surface area contributed by atoms with Crippen LogP contribution in [-0.2, 0) is 9.59 Å². The molecule has 1 aromatic carbocycles. The molecule has 3 N–H and O–H groups in total. The Morgan fingerprint density at radius 3 is 2.41 bits per heavy atom. The summed E-state index contributed by atoms with van der Waals surface area (Å²) < 4.78 is 6.69. The zero-order chi connectivity index (χ0) is 23.3. The number of thioether (sulfide) groups is 1.